The first-order chi connectivity index (χ1) is 13.6. The number of carboxylic acids is 1. The van der Waals surface area contributed by atoms with Crippen LogP contribution in [0, 0.1) is 5.92 Å². The minimum Gasteiger partial charge on any atom is -0.481 e. The molecule has 6 nitrogen and oxygen atoms in total. The van der Waals surface area contributed by atoms with Crippen molar-refractivity contribution < 1.29 is 29.3 Å². The second kappa shape index (κ2) is 20.6. The standard InChI is InChI=1S/C22H42O6/c1-20(12-8-5-3-2-4-6-10-14-21(24)25)13-9-7-11-15-22(26)28-19-18-27-17-16-23/h20,23H,2-19H2,1H3,(H,24,25). The lowest BCUT2D eigenvalue weighted by Gasteiger charge is -2.11. The first-order valence-corrected chi connectivity index (χ1v) is 11.1. The van der Waals surface area contributed by atoms with E-state index in [9.17, 15) is 9.59 Å². The molecule has 0 radical (unpaired) electrons. The van der Waals surface area contributed by atoms with E-state index in [-0.39, 0.29) is 25.8 Å². The van der Waals surface area contributed by atoms with Crippen molar-refractivity contribution >= 4 is 11.9 Å². The summed E-state index contributed by atoms with van der Waals surface area (Å²) in [6, 6.07) is 0. The van der Waals surface area contributed by atoms with Crippen LogP contribution in [0.4, 0.5) is 0 Å². The Morgan fingerprint density at radius 2 is 1.29 bits per heavy atom. The van der Waals surface area contributed by atoms with Crippen LogP contribution in [-0.2, 0) is 19.1 Å². The Hall–Kier alpha value is -1.14. The minimum atomic E-state index is -0.686. The largest absolute Gasteiger partial charge is 0.481 e. The Labute approximate surface area is 171 Å². The number of unbranched alkanes of at least 4 members (excludes halogenated alkanes) is 8. The van der Waals surface area contributed by atoms with Crippen LogP contribution >= 0.6 is 0 Å². The molecule has 28 heavy (non-hydrogen) atoms. The first kappa shape index (κ1) is 26.9. The summed E-state index contributed by atoms with van der Waals surface area (Å²) >= 11 is 0. The van der Waals surface area contributed by atoms with Crippen LogP contribution < -0.4 is 0 Å². The molecule has 6 heteroatoms. The van der Waals surface area contributed by atoms with Gasteiger partial charge >= 0.3 is 11.9 Å². The van der Waals surface area contributed by atoms with Gasteiger partial charge in [0, 0.05) is 12.8 Å². The molecule has 0 saturated carbocycles. The van der Waals surface area contributed by atoms with E-state index in [4.69, 9.17) is 19.7 Å². The number of carboxylic acid groups (broad SMARTS) is 1. The van der Waals surface area contributed by atoms with Crippen molar-refractivity contribution in [3.05, 3.63) is 0 Å². The van der Waals surface area contributed by atoms with Crippen molar-refractivity contribution in [2.75, 3.05) is 26.4 Å². The third kappa shape index (κ3) is 21.2. The maximum atomic E-state index is 11.5. The van der Waals surface area contributed by atoms with Gasteiger partial charge in [0.2, 0.25) is 0 Å². The van der Waals surface area contributed by atoms with Gasteiger partial charge in [-0.15, -0.1) is 0 Å². The molecular formula is C22H42O6. The van der Waals surface area contributed by atoms with E-state index in [1.807, 2.05) is 0 Å². The average molecular weight is 403 g/mol. The number of hydrogen-bond acceptors (Lipinski definition) is 5. The van der Waals surface area contributed by atoms with E-state index < -0.39 is 5.97 Å². The number of ether oxygens (including phenoxy) is 2. The van der Waals surface area contributed by atoms with Crippen LogP contribution in [0.2, 0.25) is 0 Å². The van der Waals surface area contributed by atoms with Gasteiger partial charge in [0.1, 0.15) is 6.61 Å². The Balaban J connectivity index is 3.29. The van der Waals surface area contributed by atoms with Crippen LogP contribution in [0.15, 0.2) is 0 Å². The maximum absolute atomic E-state index is 11.5. The normalized spacial score (nSPS) is 12.1. The van der Waals surface area contributed by atoms with Crippen molar-refractivity contribution in [2.45, 2.75) is 96.8 Å². The summed E-state index contributed by atoms with van der Waals surface area (Å²) < 4.78 is 10.1. The zero-order valence-corrected chi connectivity index (χ0v) is 17.8. The van der Waals surface area contributed by atoms with Gasteiger partial charge in [0.05, 0.1) is 19.8 Å². The number of carbonyl (C=O) groups excluding carboxylic acids is 1. The van der Waals surface area contributed by atoms with Crippen LogP contribution in [0.3, 0.4) is 0 Å². The number of aliphatic hydroxyl groups is 1. The molecule has 0 aromatic rings. The van der Waals surface area contributed by atoms with Crippen molar-refractivity contribution in [3.8, 4) is 0 Å². The smallest absolute Gasteiger partial charge is 0.305 e. The Morgan fingerprint density at radius 3 is 1.89 bits per heavy atom. The van der Waals surface area contributed by atoms with Gasteiger partial charge in [-0.1, -0.05) is 71.1 Å². The molecule has 0 amide bonds. The second-order valence-corrected chi connectivity index (χ2v) is 7.67. The number of hydrogen-bond donors (Lipinski definition) is 2. The molecule has 0 aromatic heterocycles. The summed E-state index contributed by atoms with van der Waals surface area (Å²) in [4.78, 5) is 21.9. The monoisotopic (exact) mass is 402 g/mol. The van der Waals surface area contributed by atoms with Gasteiger partial charge in [-0.3, -0.25) is 9.59 Å². The second-order valence-electron chi connectivity index (χ2n) is 7.67. The lowest BCUT2D eigenvalue weighted by Crippen LogP contribution is -2.11. The zero-order chi connectivity index (χ0) is 20.9. The fraction of sp³-hybridized carbons (Fsp3) is 0.909. The fourth-order valence-corrected chi connectivity index (χ4v) is 3.19. The molecule has 0 saturated heterocycles. The summed E-state index contributed by atoms with van der Waals surface area (Å²) in [5, 5.41) is 17.1. The van der Waals surface area contributed by atoms with Gasteiger partial charge in [-0.05, 0) is 18.8 Å². The summed E-state index contributed by atoms with van der Waals surface area (Å²) in [5.41, 5.74) is 0. The summed E-state index contributed by atoms with van der Waals surface area (Å²) in [6.45, 7) is 3.19. The van der Waals surface area contributed by atoms with Crippen LogP contribution in [0.25, 0.3) is 0 Å². The number of aliphatic carboxylic acids is 1. The summed E-state index contributed by atoms with van der Waals surface area (Å²) in [7, 11) is 0. The first-order valence-electron chi connectivity index (χ1n) is 11.1. The Kier molecular flexibility index (Phi) is 19.8. The molecule has 166 valence electrons. The van der Waals surface area contributed by atoms with E-state index in [1.54, 1.807) is 0 Å². The average Bonchev–Trinajstić information content (AvgIpc) is 2.66. The predicted octanol–water partition coefficient (Wildman–Crippen LogP) is 4.72. The van der Waals surface area contributed by atoms with Crippen molar-refractivity contribution in [1.82, 2.24) is 0 Å². The molecule has 0 bridgehead atoms. The van der Waals surface area contributed by atoms with Crippen molar-refractivity contribution in [3.63, 3.8) is 0 Å². The molecule has 0 aliphatic rings. The lowest BCUT2D eigenvalue weighted by molar-refractivity contribution is -0.145. The van der Waals surface area contributed by atoms with E-state index in [0.29, 0.717) is 19.4 Å². The predicted molar refractivity (Wildman–Crippen MR) is 110 cm³/mol. The van der Waals surface area contributed by atoms with Gasteiger partial charge < -0.3 is 19.7 Å². The molecule has 1 unspecified atom stereocenters. The topological polar surface area (TPSA) is 93.1 Å². The highest BCUT2D eigenvalue weighted by Crippen LogP contribution is 2.18. The van der Waals surface area contributed by atoms with Crippen molar-refractivity contribution in [2.24, 2.45) is 5.92 Å². The Bertz CT molecular complexity index is 372. The van der Waals surface area contributed by atoms with Gasteiger partial charge in [0.25, 0.3) is 0 Å². The number of carbonyl (C=O) groups is 2. The van der Waals surface area contributed by atoms with Gasteiger partial charge in [0.15, 0.2) is 0 Å². The SMILES string of the molecule is CC(CCCCCCCCCC(=O)O)CCCCCC(=O)OCCOCCO. The molecule has 0 spiro atoms. The highest BCUT2D eigenvalue weighted by Gasteiger charge is 2.05. The van der Waals surface area contributed by atoms with Crippen LogP contribution in [0.1, 0.15) is 96.8 Å². The fourth-order valence-electron chi connectivity index (χ4n) is 3.19. The molecule has 0 rings (SSSR count). The number of aliphatic hydroxyl groups excluding tert-OH is 1. The highest BCUT2D eigenvalue weighted by molar-refractivity contribution is 5.69. The highest BCUT2D eigenvalue weighted by atomic mass is 16.6. The molecule has 0 fully saturated rings. The third-order valence-electron chi connectivity index (χ3n) is 4.89. The summed E-state index contributed by atoms with van der Waals surface area (Å²) in [5.74, 6) is -0.107. The quantitative estimate of drug-likeness (QED) is 0.213. The van der Waals surface area contributed by atoms with Crippen molar-refractivity contribution in [1.29, 1.82) is 0 Å². The number of esters is 1. The van der Waals surface area contributed by atoms with E-state index in [1.165, 1.54) is 38.5 Å². The van der Waals surface area contributed by atoms with Gasteiger partial charge in [-0.2, -0.15) is 0 Å². The molecule has 0 heterocycles. The van der Waals surface area contributed by atoms with E-state index in [0.717, 1.165) is 44.4 Å². The molecular weight excluding hydrogens is 360 g/mol. The zero-order valence-electron chi connectivity index (χ0n) is 17.8. The molecule has 0 aliphatic heterocycles. The molecule has 2 N–H and O–H groups in total. The van der Waals surface area contributed by atoms with Crippen LogP contribution in [-0.4, -0.2) is 48.6 Å². The van der Waals surface area contributed by atoms with Crippen LogP contribution in [0.5, 0.6) is 0 Å². The van der Waals surface area contributed by atoms with E-state index in [2.05, 4.69) is 6.92 Å². The lowest BCUT2D eigenvalue weighted by atomic mass is 9.96. The molecule has 1 atom stereocenters. The maximum Gasteiger partial charge on any atom is 0.305 e. The summed E-state index contributed by atoms with van der Waals surface area (Å²) in [6.07, 6.45) is 14.4. The minimum absolute atomic E-state index is 0.0114. The van der Waals surface area contributed by atoms with E-state index >= 15 is 0 Å². The number of rotatable bonds is 21. The molecule has 0 aromatic carbocycles. The van der Waals surface area contributed by atoms with Gasteiger partial charge in [-0.25, -0.2) is 0 Å². The molecule has 0 aliphatic carbocycles. The third-order valence-corrected chi connectivity index (χ3v) is 4.89. The Morgan fingerprint density at radius 1 is 0.750 bits per heavy atom.